The van der Waals surface area contributed by atoms with Gasteiger partial charge in [-0.3, -0.25) is 4.90 Å². The summed E-state index contributed by atoms with van der Waals surface area (Å²) in [6.45, 7) is 2.12. The summed E-state index contributed by atoms with van der Waals surface area (Å²) in [5, 5.41) is 3.06. The number of fused-ring (bicyclic) bond motifs is 1. The molecule has 2 aliphatic heterocycles. The SMILES string of the molecule is Nc1cc(F)c(NC2CCN3CCCCC23)c(F)c1. The molecule has 2 heterocycles. The minimum Gasteiger partial charge on any atom is -0.399 e. The van der Waals surface area contributed by atoms with Gasteiger partial charge in [-0.1, -0.05) is 6.42 Å². The molecular weight excluding hydrogens is 248 g/mol. The van der Waals surface area contributed by atoms with Crippen LogP contribution in [0.4, 0.5) is 20.2 Å². The van der Waals surface area contributed by atoms with Crippen LogP contribution in [0.1, 0.15) is 25.7 Å². The molecule has 104 valence electrons. The lowest BCUT2D eigenvalue weighted by molar-refractivity contribution is 0.192. The van der Waals surface area contributed by atoms with Gasteiger partial charge in [0, 0.05) is 24.3 Å². The summed E-state index contributed by atoms with van der Waals surface area (Å²) in [5.41, 5.74) is 5.51. The molecule has 3 N–H and O–H groups in total. The van der Waals surface area contributed by atoms with Crippen molar-refractivity contribution in [2.24, 2.45) is 0 Å². The van der Waals surface area contributed by atoms with E-state index in [1.807, 2.05) is 0 Å². The number of nitrogens with two attached hydrogens (primary N) is 1. The summed E-state index contributed by atoms with van der Waals surface area (Å²) in [6.07, 6.45) is 4.48. The first-order valence-corrected chi connectivity index (χ1v) is 6.90. The smallest absolute Gasteiger partial charge is 0.151 e. The number of benzene rings is 1. The molecular formula is C14H19F2N3. The Labute approximate surface area is 111 Å². The second kappa shape index (κ2) is 4.96. The number of nitrogens with one attached hydrogen (secondary N) is 1. The van der Waals surface area contributed by atoms with Gasteiger partial charge in [0.15, 0.2) is 11.6 Å². The molecule has 0 saturated carbocycles. The fourth-order valence-corrected chi connectivity index (χ4v) is 3.33. The van der Waals surface area contributed by atoms with Crippen molar-refractivity contribution in [1.82, 2.24) is 4.90 Å². The van der Waals surface area contributed by atoms with E-state index in [-0.39, 0.29) is 17.4 Å². The van der Waals surface area contributed by atoms with Crippen LogP contribution in [0.15, 0.2) is 12.1 Å². The van der Waals surface area contributed by atoms with Crippen molar-refractivity contribution in [1.29, 1.82) is 0 Å². The van der Waals surface area contributed by atoms with Crippen molar-refractivity contribution in [2.75, 3.05) is 24.1 Å². The van der Waals surface area contributed by atoms with Gasteiger partial charge in [-0.2, -0.15) is 0 Å². The summed E-state index contributed by atoms with van der Waals surface area (Å²) >= 11 is 0. The maximum atomic E-state index is 13.8. The lowest BCUT2D eigenvalue weighted by Crippen LogP contribution is -2.42. The van der Waals surface area contributed by atoms with Crippen molar-refractivity contribution >= 4 is 11.4 Å². The third-order valence-corrected chi connectivity index (χ3v) is 4.25. The molecule has 19 heavy (non-hydrogen) atoms. The quantitative estimate of drug-likeness (QED) is 0.809. The fraction of sp³-hybridized carbons (Fsp3) is 0.571. The predicted molar refractivity (Wildman–Crippen MR) is 72.0 cm³/mol. The van der Waals surface area contributed by atoms with E-state index in [1.165, 1.54) is 25.0 Å². The molecule has 2 saturated heterocycles. The number of piperidine rings is 1. The molecule has 1 aromatic carbocycles. The highest BCUT2D eigenvalue weighted by Gasteiger charge is 2.36. The first kappa shape index (κ1) is 12.7. The van der Waals surface area contributed by atoms with Gasteiger partial charge in [-0.05, 0) is 37.9 Å². The summed E-state index contributed by atoms with van der Waals surface area (Å²) < 4.78 is 27.6. The molecule has 0 spiro atoms. The highest BCUT2D eigenvalue weighted by Crippen LogP contribution is 2.31. The first-order valence-electron chi connectivity index (χ1n) is 6.90. The molecule has 2 atom stereocenters. The molecule has 2 unspecified atom stereocenters. The molecule has 3 rings (SSSR count). The van der Waals surface area contributed by atoms with Gasteiger partial charge in [0.2, 0.25) is 0 Å². The number of hydrogen-bond donors (Lipinski definition) is 2. The molecule has 5 heteroatoms. The molecule has 1 aromatic rings. The molecule has 2 aliphatic rings. The van der Waals surface area contributed by atoms with E-state index >= 15 is 0 Å². The zero-order chi connectivity index (χ0) is 13.4. The number of halogens is 2. The zero-order valence-electron chi connectivity index (χ0n) is 10.8. The fourth-order valence-electron chi connectivity index (χ4n) is 3.33. The molecule has 0 radical (unpaired) electrons. The van der Waals surface area contributed by atoms with Crippen LogP contribution in [0, 0.1) is 11.6 Å². The van der Waals surface area contributed by atoms with Crippen LogP contribution in [0.3, 0.4) is 0 Å². The van der Waals surface area contributed by atoms with E-state index in [0.29, 0.717) is 6.04 Å². The summed E-state index contributed by atoms with van der Waals surface area (Å²) in [6, 6.07) is 2.87. The Bertz CT molecular complexity index is 455. The zero-order valence-corrected chi connectivity index (χ0v) is 10.8. The Kier molecular flexibility index (Phi) is 3.31. The molecule has 0 aromatic heterocycles. The standard InChI is InChI=1S/C14H19F2N3/c15-10-7-9(17)8-11(16)14(10)18-12-4-6-19-5-2-1-3-13(12)19/h7-8,12-13,18H,1-6,17H2. The van der Waals surface area contributed by atoms with Gasteiger partial charge in [-0.25, -0.2) is 8.78 Å². The van der Waals surface area contributed by atoms with Gasteiger partial charge in [-0.15, -0.1) is 0 Å². The van der Waals surface area contributed by atoms with Crippen LogP contribution in [0.25, 0.3) is 0 Å². The Morgan fingerprint density at radius 2 is 1.84 bits per heavy atom. The average molecular weight is 267 g/mol. The summed E-state index contributed by atoms with van der Waals surface area (Å²) in [5.74, 6) is -1.21. The Morgan fingerprint density at radius 1 is 1.11 bits per heavy atom. The Balaban J connectivity index is 1.78. The van der Waals surface area contributed by atoms with Crippen molar-refractivity contribution in [3.8, 4) is 0 Å². The van der Waals surface area contributed by atoms with E-state index in [1.54, 1.807) is 0 Å². The van der Waals surface area contributed by atoms with Crippen LogP contribution < -0.4 is 11.1 Å². The second-order valence-electron chi connectivity index (χ2n) is 5.50. The highest BCUT2D eigenvalue weighted by atomic mass is 19.1. The highest BCUT2D eigenvalue weighted by molar-refractivity contribution is 5.54. The number of nitrogens with zero attached hydrogens (tertiary/aromatic N) is 1. The number of hydrogen-bond acceptors (Lipinski definition) is 3. The molecule has 3 nitrogen and oxygen atoms in total. The van der Waals surface area contributed by atoms with Gasteiger partial charge < -0.3 is 11.1 Å². The third kappa shape index (κ3) is 2.39. The van der Waals surface area contributed by atoms with Crippen LogP contribution in [-0.4, -0.2) is 30.1 Å². The van der Waals surface area contributed by atoms with E-state index < -0.39 is 11.6 Å². The van der Waals surface area contributed by atoms with E-state index in [2.05, 4.69) is 10.2 Å². The number of rotatable bonds is 2. The third-order valence-electron chi connectivity index (χ3n) is 4.25. The Hall–Kier alpha value is -1.36. The minimum absolute atomic E-state index is 0.0355. The predicted octanol–water partition coefficient (Wildman–Crippen LogP) is 2.59. The lowest BCUT2D eigenvalue weighted by atomic mass is 9.99. The lowest BCUT2D eigenvalue weighted by Gasteiger charge is -2.33. The first-order chi connectivity index (χ1) is 9.15. The van der Waals surface area contributed by atoms with Gasteiger partial charge in [0.1, 0.15) is 5.69 Å². The summed E-state index contributed by atoms with van der Waals surface area (Å²) in [4.78, 5) is 2.42. The van der Waals surface area contributed by atoms with Crippen molar-refractivity contribution in [3.05, 3.63) is 23.8 Å². The van der Waals surface area contributed by atoms with Crippen LogP contribution >= 0.6 is 0 Å². The van der Waals surface area contributed by atoms with E-state index in [4.69, 9.17) is 5.73 Å². The van der Waals surface area contributed by atoms with Crippen LogP contribution in [-0.2, 0) is 0 Å². The van der Waals surface area contributed by atoms with Crippen LogP contribution in [0.2, 0.25) is 0 Å². The molecule has 0 aliphatic carbocycles. The topological polar surface area (TPSA) is 41.3 Å². The molecule has 0 bridgehead atoms. The van der Waals surface area contributed by atoms with Crippen molar-refractivity contribution in [3.63, 3.8) is 0 Å². The Morgan fingerprint density at radius 3 is 2.58 bits per heavy atom. The van der Waals surface area contributed by atoms with E-state index in [0.717, 1.165) is 25.9 Å². The monoisotopic (exact) mass is 267 g/mol. The summed E-state index contributed by atoms with van der Waals surface area (Å²) in [7, 11) is 0. The second-order valence-corrected chi connectivity index (χ2v) is 5.50. The minimum atomic E-state index is -0.605. The molecule has 0 amide bonds. The maximum Gasteiger partial charge on any atom is 0.151 e. The average Bonchev–Trinajstić information content (AvgIpc) is 2.77. The number of nitrogen functional groups attached to an aromatic ring is 1. The normalized spacial score (nSPS) is 27.3. The molecule has 2 fully saturated rings. The maximum absolute atomic E-state index is 13.8. The van der Waals surface area contributed by atoms with E-state index in [9.17, 15) is 8.78 Å². The van der Waals surface area contributed by atoms with Crippen molar-refractivity contribution < 1.29 is 8.78 Å². The van der Waals surface area contributed by atoms with Crippen LogP contribution in [0.5, 0.6) is 0 Å². The van der Waals surface area contributed by atoms with Gasteiger partial charge >= 0.3 is 0 Å². The van der Waals surface area contributed by atoms with Crippen molar-refractivity contribution in [2.45, 2.75) is 37.8 Å². The largest absolute Gasteiger partial charge is 0.399 e. The number of anilines is 2. The van der Waals surface area contributed by atoms with Gasteiger partial charge in [0.05, 0.1) is 0 Å². The van der Waals surface area contributed by atoms with Gasteiger partial charge in [0.25, 0.3) is 0 Å².